The number of pyridine rings is 1. The SMILES string of the molecule is COc1ccc(C(Cc2ncc(CO)c(CO)c2O)(c2ccccc2)c2ccc(OC)cc2)cc1. The zero-order chi connectivity index (χ0) is 24.8. The molecule has 3 N–H and O–H groups in total. The molecule has 0 spiro atoms. The number of hydrogen-bond acceptors (Lipinski definition) is 6. The number of aliphatic hydroxyl groups is 2. The normalized spacial score (nSPS) is 11.3. The number of aliphatic hydroxyl groups excluding tert-OH is 2. The van der Waals surface area contributed by atoms with E-state index in [9.17, 15) is 15.3 Å². The van der Waals surface area contributed by atoms with Gasteiger partial charge in [-0.1, -0.05) is 54.6 Å². The molecule has 4 aromatic rings. The van der Waals surface area contributed by atoms with Crippen LogP contribution in [0.25, 0.3) is 0 Å². The predicted molar refractivity (Wildman–Crippen MR) is 134 cm³/mol. The molecule has 0 unspecified atom stereocenters. The van der Waals surface area contributed by atoms with Crippen LogP contribution in [0.4, 0.5) is 0 Å². The van der Waals surface area contributed by atoms with Crippen molar-refractivity contribution in [1.29, 1.82) is 0 Å². The van der Waals surface area contributed by atoms with Crippen molar-refractivity contribution in [3.05, 3.63) is 119 Å². The number of rotatable bonds is 9. The molecule has 0 aliphatic rings. The van der Waals surface area contributed by atoms with Crippen molar-refractivity contribution in [3.8, 4) is 17.2 Å². The Morgan fingerprint density at radius 1 is 0.714 bits per heavy atom. The minimum absolute atomic E-state index is 0.110. The van der Waals surface area contributed by atoms with E-state index in [4.69, 9.17) is 9.47 Å². The molecule has 0 saturated heterocycles. The van der Waals surface area contributed by atoms with Crippen molar-refractivity contribution in [2.45, 2.75) is 25.0 Å². The fraction of sp³-hybridized carbons (Fsp3) is 0.207. The molecule has 0 saturated carbocycles. The summed E-state index contributed by atoms with van der Waals surface area (Å²) in [7, 11) is 3.26. The lowest BCUT2D eigenvalue weighted by Crippen LogP contribution is -2.32. The summed E-state index contributed by atoms with van der Waals surface area (Å²) in [5.41, 5.74) is 3.32. The fourth-order valence-corrected chi connectivity index (χ4v) is 4.59. The highest BCUT2D eigenvalue weighted by Gasteiger charge is 2.38. The highest BCUT2D eigenvalue weighted by Crippen LogP contribution is 2.44. The van der Waals surface area contributed by atoms with Crippen molar-refractivity contribution >= 4 is 0 Å². The van der Waals surface area contributed by atoms with Gasteiger partial charge in [0.1, 0.15) is 17.2 Å². The molecular weight excluding hydrogens is 442 g/mol. The first-order chi connectivity index (χ1) is 17.1. The molecule has 4 rings (SSSR count). The van der Waals surface area contributed by atoms with E-state index in [-0.39, 0.29) is 17.9 Å². The maximum atomic E-state index is 11.1. The lowest BCUT2D eigenvalue weighted by molar-refractivity contribution is 0.253. The van der Waals surface area contributed by atoms with Crippen LogP contribution in [-0.4, -0.2) is 34.5 Å². The molecule has 6 heteroatoms. The van der Waals surface area contributed by atoms with Gasteiger partial charge in [-0.05, 0) is 41.0 Å². The van der Waals surface area contributed by atoms with E-state index in [1.165, 1.54) is 6.20 Å². The molecule has 0 fully saturated rings. The number of nitrogens with zero attached hydrogens (tertiary/aromatic N) is 1. The van der Waals surface area contributed by atoms with E-state index in [0.717, 1.165) is 28.2 Å². The molecule has 0 atom stereocenters. The Labute approximate surface area is 205 Å². The van der Waals surface area contributed by atoms with Gasteiger partial charge in [0, 0.05) is 23.7 Å². The van der Waals surface area contributed by atoms with Gasteiger partial charge in [0.05, 0.1) is 38.5 Å². The monoisotopic (exact) mass is 471 g/mol. The smallest absolute Gasteiger partial charge is 0.142 e. The molecule has 0 bridgehead atoms. The van der Waals surface area contributed by atoms with Crippen LogP contribution in [-0.2, 0) is 25.0 Å². The van der Waals surface area contributed by atoms with Crippen LogP contribution >= 0.6 is 0 Å². The second-order valence-corrected chi connectivity index (χ2v) is 8.28. The third-order valence-electron chi connectivity index (χ3n) is 6.52. The number of ether oxygens (including phenoxy) is 2. The molecule has 1 heterocycles. The average molecular weight is 472 g/mol. The molecule has 0 amide bonds. The highest BCUT2D eigenvalue weighted by molar-refractivity contribution is 5.55. The zero-order valence-corrected chi connectivity index (χ0v) is 19.8. The largest absolute Gasteiger partial charge is 0.506 e. The van der Waals surface area contributed by atoms with Crippen molar-refractivity contribution in [1.82, 2.24) is 4.98 Å². The summed E-state index contributed by atoms with van der Waals surface area (Å²) in [5, 5.41) is 30.6. The van der Waals surface area contributed by atoms with Gasteiger partial charge in [0.25, 0.3) is 0 Å². The maximum absolute atomic E-state index is 11.1. The minimum atomic E-state index is -0.738. The summed E-state index contributed by atoms with van der Waals surface area (Å²) in [5.74, 6) is 1.36. The van der Waals surface area contributed by atoms with Crippen molar-refractivity contribution < 1.29 is 24.8 Å². The minimum Gasteiger partial charge on any atom is -0.506 e. The molecule has 180 valence electrons. The number of hydrogen-bond donors (Lipinski definition) is 3. The molecular formula is C29H29NO5. The Hall–Kier alpha value is -3.87. The summed E-state index contributed by atoms with van der Waals surface area (Å²) in [6, 6.07) is 25.8. The van der Waals surface area contributed by atoms with Crippen LogP contribution in [0.1, 0.15) is 33.5 Å². The summed E-state index contributed by atoms with van der Waals surface area (Å²) in [6.45, 7) is -0.724. The number of benzene rings is 3. The van der Waals surface area contributed by atoms with E-state index in [1.807, 2.05) is 66.7 Å². The van der Waals surface area contributed by atoms with Gasteiger partial charge in [0.2, 0.25) is 0 Å². The third kappa shape index (κ3) is 4.58. The second-order valence-electron chi connectivity index (χ2n) is 8.28. The van der Waals surface area contributed by atoms with Gasteiger partial charge >= 0.3 is 0 Å². The Morgan fingerprint density at radius 2 is 1.23 bits per heavy atom. The van der Waals surface area contributed by atoms with Gasteiger partial charge in [0.15, 0.2) is 0 Å². The molecule has 0 aliphatic carbocycles. The van der Waals surface area contributed by atoms with E-state index in [0.29, 0.717) is 17.7 Å². The average Bonchev–Trinajstić information content (AvgIpc) is 2.93. The van der Waals surface area contributed by atoms with Crippen LogP contribution in [0, 0.1) is 0 Å². The van der Waals surface area contributed by atoms with Crippen molar-refractivity contribution in [2.24, 2.45) is 0 Å². The van der Waals surface area contributed by atoms with Gasteiger partial charge in [-0.15, -0.1) is 0 Å². The van der Waals surface area contributed by atoms with Gasteiger partial charge in [-0.2, -0.15) is 0 Å². The standard InChI is InChI=1S/C29H29NO5/c1-34-24-12-8-22(9-13-24)29(21-6-4-3-5-7-21,23-10-14-25(35-2)15-11-23)16-27-28(33)26(19-32)20(18-31)17-30-27/h3-15,17,31-33H,16,18-19H2,1-2H3. The lowest BCUT2D eigenvalue weighted by atomic mass is 9.66. The Kier molecular flexibility index (Phi) is 7.34. The van der Waals surface area contributed by atoms with Gasteiger partial charge in [-0.3, -0.25) is 4.98 Å². The fourth-order valence-electron chi connectivity index (χ4n) is 4.59. The summed E-state index contributed by atoms with van der Waals surface area (Å²) >= 11 is 0. The topological polar surface area (TPSA) is 92.0 Å². The van der Waals surface area contributed by atoms with Crippen molar-refractivity contribution in [3.63, 3.8) is 0 Å². The van der Waals surface area contributed by atoms with Gasteiger partial charge in [-0.25, -0.2) is 0 Å². The first-order valence-corrected chi connectivity index (χ1v) is 11.3. The van der Waals surface area contributed by atoms with Crippen LogP contribution in [0.15, 0.2) is 85.1 Å². The summed E-state index contributed by atoms with van der Waals surface area (Å²) in [6.07, 6.45) is 1.82. The molecule has 3 aromatic carbocycles. The Bertz CT molecular complexity index is 1210. The van der Waals surface area contributed by atoms with Crippen LogP contribution in [0.2, 0.25) is 0 Å². The quantitative estimate of drug-likeness (QED) is 0.314. The van der Waals surface area contributed by atoms with Gasteiger partial charge < -0.3 is 24.8 Å². The van der Waals surface area contributed by atoms with Crippen LogP contribution in [0.3, 0.4) is 0 Å². The van der Waals surface area contributed by atoms with E-state index < -0.39 is 12.0 Å². The van der Waals surface area contributed by atoms with E-state index in [2.05, 4.69) is 17.1 Å². The first-order valence-electron chi connectivity index (χ1n) is 11.3. The highest BCUT2D eigenvalue weighted by atomic mass is 16.5. The molecule has 0 aliphatic heterocycles. The number of aromatic nitrogens is 1. The van der Waals surface area contributed by atoms with E-state index >= 15 is 0 Å². The van der Waals surface area contributed by atoms with Crippen molar-refractivity contribution in [2.75, 3.05) is 14.2 Å². The summed E-state index contributed by atoms with van der Waals surface area (Å²) in [4.78, 5) is 4.52. The number of aromatic hydroxyl groups is 1. The second kappa shape index (κ2) is 10.6. The summed E-state index contributed by atoms with van der Waals surface area (Å²) < 4.78 is 10.8. The Balaban J connectivity index is 2.01. The molecule has 6 nitrogen and oxygen atoms in total. The first kappa shape index (κ1) is 24.3. The van der Waals surface area contributed by atoms with Crippen LogP contribution in [0.5, 0.6) is 17.2 Å². The molecule has 0 radical (unpaired) electrons. The predicted octanol–water partition coefficient (Wildman–Crippen LogP) is 4.37. The lowest BCUT2D eigenvalue weighted by Gasteiger charge is -2.36. The Morgan fingerprint density at radius 3 is 1.69 bits per heavy atom. The molecule has 1 aromatic heterocycles. The maximum Gasteiger partial charge on any atom is 0.142 e. The third-order valence-corrected chi connectivity index (χ3v) is 6.52. The zero-order valence-electron chi connectivity index (χ0n) is 19.8. The molecule has 35 heavy (non-hydrogen) atoms. The number of methoxy groups -OCH3 is 2. The van der Waals surface area contributed by atoms with Crippen LogP contribution < -0.4 is 9.47 Å². The van der Waals surface area contributed by atoms with E-state index in [1.54, 1.807) is 14.2 Å².